The third-order valence-electron chi connectivity index (χ3n) is 2.39. The minimum Gasteiger partial charge on any atom is -0.384 e. The van der Waals surface area contributed by atoms with Gasteiger partial charge >= 0.3 is 0 Å². The van der Waals surface area contributed by atoms with Crippen molar-refractivity contribution in [3.8, 4) is 0 Å². The van der Waals surface area contributed by atoms with E-state index in [2.05, 4.69) is 40.1 Å². The minimum absolute atomic E-state index is 0.0129. The van der Waals surface area contributed by atoms with Crippen LogP contribution in [0.5, 0.6) is 0 Å². The van der Waals surface area contributed by atoms with E-state index in [9.17, 15) is 4.79 Å². The molecule has 0 fully saturated rings. The summed E-state index contributed by atoms with van der Waals surface area (Å²) in [6, 6.07) is 7.61. The molecule has 0 aliphatic heterocycles. The van der Waals surface area contributed by atoms with Gasteiger partial charge in [-0.1, -0.05) is 35.9 Å². The number of benzene rings is 1. The number of hydrogen-bond acceptors (Lipinski definition) is 2. The minimum atomic E-state index is 0.0129. The molecule has 1 aromatic rings. The molecule has 1 aromatic carbocycles. The Bertz CT molecular complexity index is 338. The first-order chi connectivity index (χ1) is 8.27. The Balaban J connectivity index is 2.46. The molecule has 0 aromatic heterocycles. The number of nitrogens with one attached hydrogen (secondary N) is 2. The number of alkyl halides is 1. The van der Waals surface area contributed by atoms with Crippen molar-refractivity contribution in [1.82, 2.24) is 5.32 Å². The Hall–Kier alpha value is -0.780. The van der Waals surface area contributed by atoms with E-state index in [0.29, 0.717) is 0 Å². The van der Waals surface area contributed by atoms with E-state index in [0.717, 1.165) is 41.6 Å². The molecule has 0 saturated heterocycles. The molecule has 0 unspecified atom stereocenters. The number of hydrogen-bond donors (Lipinski definition) is 2. The van der Waals surface area contributed by atoms with E-state index >= 15 is 0 Å². The van der Waals surface area contributed by atoms with Crippen LogP contribution in [0, 0.1) is 0 Å². The van der Waals surface area contributed by atoms with Crippen molar-refractivity contribution in [2.75, 3.05) is 22.8 Å². The van der Waals surface area contributed by atoms with Crippen LogP contribution in [-0.2, 0) is 0 Å². The van der Waals surface area contributed by atoms with Gasteiger partial charge < -0.3 is 10.6 Å². The van der Waals surface area contributed by atoms with Crippen LogP contribution >= 0.6 is 22.6 Å². The lowest BCUT2D eigenvalue weighted by Gasteiger charge is -2.06. The molecule has 0 bridgehead atoms. The number of halogens is 1. The summed E-state index contributed by atoms with van der Waals surface area (Å²) < 4.78 is 1.07. The van der Waals surface area contributed by atoms with E-state index in [1.54, 1.807) is 0 Å². The van der Waals surface area contributed by atoms with E-state index in [1.165, 1.54) is 0 Å². The number of amides is 1. The van der Waals surface area contributed by atoms with Crippen molar-refractivity contribution < 1.29 is 4.79 Å². The maximum atomic E-state index is 11.7. The van der Waals surface area contributed by atoms with Crippen LogP contribution in [0.25, 0.3) is 0 Å². The predicted octanol–water partition coefficient (Wildman–Crippen LogP) is 3.06. The fraction of sp³-hybridized carbons (Fsp3) is 0.462. The molecule has 1 amide bonds. The van der Waals surface area contributed by atoms with Gasteiger partial charge in [0.05, 0.1) is 0 Å². The molecule has 2 N–H and O–H groups in total. The summed E-state index contributed by atoms with van der Waals surface area (Å²) in [7, 11) is 0. The standard InChI is InChI=1S/C13H19IN2O/c1-2-3-9-16-13(17)11-4-6-12(7-5-11)15-10-8-14/h4-7,15H,2-3,8-10H2,1H3,(H,16,17). The molecule has 4 heteroatoms. The van der Waals surface area contributed by atoms with Crippen molar-refractivity contribution in [3.63, 3.8) is 0 Å². The maximum Gasteiger partial charge on any atom is 0.251 e. The molecule has 0 atom stereocenters. The van der Waals surface area contributed by atoms with Crippen LogP contribution in [0.15, 0.2) is 24.3 Å². The van der Waals surface area contributed by atoms with Crippen molar-refractivity contribution >= 4 is 34.2 Å². The zero-order chi connectivity index (χ0) is 12.5. The summed E-state index contributed by atoms with van der Waals surface area (Å²) in [5.74, 6) is 0.0129. The van der Waals surface area contributed by atoms with E-state index < -0.39 is 0 Å². The molecule has 17 heavy (non-hydrogen) atoms. The highest BCUT2D eigenvalue weighted by atomic mass is 127. The Kier molecular flexibility index (Phi) is 7.00. The summed E-state index contributed by atoms with van der Waals surface area (Å²) in [5.41, 5.74) is 1.79. The van der Waals surface area contributed by atoms with Crippen LogP contribution in [0.4, 0.5) is 5.69 Å². The summed E-state index contributed by atoms with van der Waals surface area (Å²) in [4.78, 5) is 11.7. The zero-order valence-corrected chi connectivity index (χ0v) is 12.3. The zero-order valence-electron chi connectivity index (χ0n) is 10.1. The normalized spacial score (nSPS) is 10.0. The SMILES string of the molecule is CCCCNC(=O)c1ccc(NCCI)cc1. The van der Waals surface area contributed by atoms with Crippen molar-refractivity contribution in [3.05, 3.63) is 29.8 Å². The van der Waals surface area contributed by atoms with Gasteiger partial charge in [0, 0.05) is 28.8 Å². The fourth-order valence-corrected chi connectivity index (χ4v) is 1.68. The fourth-order valence-electron chi connectivity index (χ4n) is 1.41. The van der Waals surface area contributed by atoms with E-state index in [1.807, 2.05) is 24.3 Å². The topological polar surface area (TPSA) is 41.1 Å². The van der Waals surface area contributed by atoms with Gasteiger partial charge in [-0.05, 0) is 30.7 Å². The largest absolute Gasteiger partial charge is 0.384 e. The van der Waals surface area contributed by atoms with Gasteiger partial charge in [0.1, 0.15) is 0 Å². The second-order valence-electron chi connectivity index (χ2n) is 3.80. The van der Waals surface area contributed by atoms with Crippen molar-refractivity contribution in [2.45, 2.75) is 19.8 Å². The molecule has 0 saturated carbocycles. The molecule has 0 radical (unpaired) electrons. The summed E-state index contributed by atoms with van der Waals surface area (Å²) in [5, 5.41) is 6.18. The first-order valence-electron chi connectivity index (χ1n) is 5.96. The number of carbonyl (C=O) groups excluding carboxylic acids is 1. The van der Waals surface area contributed by atoms with Crippen LogP contribution in [0.3, 0.4) is 0 Å². The van der Waals surface area contributed by atoms with E-state index in [4.69, 9.17) is 0 Å². The summed E-state index contributed by atoms with van der Waals surface area (Å²) >= 11 is 2.32. The lowest BCUT2D eigenvalue weighted by Crippen LogP contribution is -2.24. The molecular formula is C13H19IN2O. The van der Waals surface area contributed by atoms with Crippen LogP contribution in [0.2, 0.25) is 0 Å². The third kappa shape index (κ3) is 5.39. The van der Waals surface area contributed by atoms with Gasteiger partial charge in [-0.2, -0.15) is 0 Å². The van der Waals surface area contributed by atoms with Crippen LogP contribution in [0.1, 0.15) is 30.1 Å². The molecule has 0 heterocycles. The lowest BCUT2D eigenvalue weighted by molar-refractivity contribution is 0.0953. The molecule has 0 spiro atoms. The van der Waals surface area contributed by atoms with Gasteiger partial charge in [-0.3, -0.25) is 4.79 Å². The smallest absolute Gasteiger partial charge is 0.251 e. The molecule has 94 valence electrons. The highest BCUT2D eigenvalue weighted by Crippen LogP contribution is 2.09. The Morgan fingerprint density at radius 1 is 1.24 bits per heavy atom. The molecule has 0 aliphatic carbocycles. The van der Waals surface area contributed by atoms with Crippen molar-refractivity contribution in [1.29, 1.82) is 0 Å². The van der Waals surface area contributed by atoms with Gasteiger partial charge in [-0.15, -0.1) is 0 Å². The third-order valence-corrected chi connectivity index (χ3v) is 2.93. The molecule has 3 nitrogen and oxygen atoms in total. The molecule has 0 aliphatic rings. The Labute approximate surface area is 117 Å². The maximum absolute atomic E-state index is 11.7. The molecular weight excluding hydrogens is 327 g/mol. The Morgan fingerprint density at radius 2 is 1.94 bits per heavy atom. The molecule has 1 rings (SSSR count). The summed E-state index contributed by atoms with van der Waals surface area (Å²) in [6.07, 6.45) is 2.13. The highest BCUT2D eigenvalue weighted by molar-refractivity contribution is 14.1. The van der Waals surface area contributed by atoms with Gasteiger partial charge in [-0.25, -0.2) is 0 Å². The van der Waals surface area contributed by atoms with Crippen LogP contribution in [-0.4, -0.2) is 23.4 Å². The lowest BCUT2D eigenvalue weighted by atomic mass is 10.2. The number of carbonyl (C=O) groups is 1. The second kappa shape index (κ2) is 8.33. The summed E-state index contributed by atoms with van der Waals surface area (Å²) in [6.45, 7) is 3.81. The predicted molar refractivity (Wildman–Crippen MR) is 81.1 cm³/mol. The quantitative estimate of drug-likeness (QED) is 0.453. The number of rotatable bonds is 7. The average molecular weight is 346 g/mol. The monoisotopic (exact) mass is 346 g/mol. The van der Waals surface area contributed by atoms with Gasteiger partial charge in [0.15, 0.2) is 0 Å². The second-order valence-corrected chi connectivity index (χ2v) is 4.88. The van der Waals surface area contributed by atoms with Gasteiger partial charge in [0.25, 0.3) is 5.91 Å². The number of unbranched alkanes of at least 4 members (excludes halogenated alkanes) is 1. The van der Waals surface area contributed by atoms with Gasteiger partial charge in [0.2, 0.25) is 0 Å². The first-order valence-corrected chi connectivity index (χ1v) is 7.48. The average Bonchev–Trinajstić information content (AvgIpc) is 2.37. The van der Waals surface area contributed by atoms with Crippen LogP contribution < -0.4 is 10.6 Å². The Morgan fingerprint density at radius 3 is 2.53 bits per heavy atom. The highest BCUT2D eigenvalue weighted by Gasteiger charge is 2.03. The first kappa shape index (κ1) is 14.3. The van der Waals surface area contributed by atoms with Crippen molar-refractivity contribution in [2.24, 2.45) is 0 Å². The number of anilines is 1. The van der Waals surface area contributed by atoms with E-state index in [-0.39, 0.29) is 5.91 Å².